The van der Waals surface area contributed by atoms with E-state index >= 15 is 0 Å². The van der Waals surface area contributed by atoms with Crippen LogP contribution in [0.4, 0.5) is 0 Å². The van der Waals surface area contributed by atoms with Gasteiger partial charge in [-0.3, -0.25) is 4.79 Å². The van der Waals surface area contributed by atoms with E-state index in [1.165, 1.54) is 0 Å². The topological polar surface area (TPSA) is 96.9 Å². The summed E-state index contributed by atoms with van der Waals surface area (Å²) >= 11 is 0. The van der Waals surface area contributed by atoms with Crippen LogP contribution in [0.2, 0.25) is 0 Å². The molecule has 0 radical (unpaired) electrons. The molecule has 1 atom stereocenters. The molecule has 0 aliphatic carbocycles. The van der Waals surface area contributed by atoms with Crippen molar-refractivity contribution in [1.29, 1.82) is 0 Å². The Balaban J connectivity index is 4.60. The van der Waals surface area contributed by atoms with Crippen LogP contribution in [0, 0.1) is 10.8 Å². The van der Waals surface area contributed by atoms with Crippen LogP contribution < -0.4 is 11.1 Å². The zero-order chi connectivity index (χ0) is 15.1. The fourth-order valence-electron chi connectivity index (χ4n) is 1.55. The number of carbonyl (C=O) groups excluding carboxylic acids is 1. The smallest absolute Gasteiger partial charge is 0.233 e. The highest BCUT2D eigenvalue weighted by Crippen LogP contribution is 2.23. The number of rotatable bonds is 8. The van der Waals surface area contributed by atoms with Crippen LogP contribution in [0.1, 0.15) is 40.5 Å². The number of nitrogens with one attached hydrogen (secondary N) is 1. The summed E-state index contributed by atoms with van der Waals surface area (Å²) in [6, 6.07) is 0. The molecule has 1 unspecified atom stereocenters. The first kappa shape index (κ1) is 17.7. The average Bonchev–Trinajstić information content (AvgIpc) is 2.40. The molecule has 0 aromatic carbocycles. The molecule has 0 aromatic heterocycles. The Labute approximate surface area is 115 Å². The van der Waals surface area contributed by atoms with Crippen LogP contribution in [-0.4, -0.2) is 37.2 Å². The third kappa shape index (κ3) is 5.06. The van der Waals surface area contributed by atoms with Crippen molar-refractivity contribution >= 4 is 11.7 Å². The minimum atomic E-state index is -0.980. The van der Waals surface area contributed by atoms with Crippen molar-refractivity contribution in [2.75, 3.05) is 20.3 Å². The first-order valence-electron chi connectivity index (χ1n) is 6.48. The Morgan fingerprint density at radius 1 is 1.42 bits per heavy atom. The molecule has 112 valence electrons. The largest absolute Gasteiger partial charge is 0.409 e. The molecule has 0 heterocycles. The van der Waals surface area contributed by atoms with Crippen molar-refractivity contribution in [3.8, 4) is 0 Å². The highest BCUT2D eigenvalue weighted by atomic mass is 16.5. The molecule has 0 bridgehead atoms. The van der Waals surface area contributed by atoms with E-state index in [1.54, 1.807) is 14.0 Å². The van der Waals surface area contributed by atoms with Gasteiger partial charge in [-0.15, -0.1) is 0 Å². The van der Waals surface area contributed by atoms with E-state index in [-0.39, 0.29) is 17.2 Å². The van der Waals surface area contributed by atoms with Gasteiger partial charge in [0.1, 0.15) is 5.41 Å². The van der Waals surface area contributed by atoms with Crippen molar-refractivity contribution in [1.82, 2.24) is 5.32 Å². The van der Waals surface area contributed by atoms with Crippen LogP contribution in [0.5, 0.6) is 0 Å². The molecular weight excluding hydrogens is 246 g/mol. The Morgan fingerprint density at radius 2 is 2.00 bits per heavy atom. The number of carbonyl (C=O) groups is 1. The van der Waals surface area contributed by atoms with Crippen molar-refractivity contribution in [3.63, 3.8) is 0 Å². The lowest BCUT2D eigenvalue weighted by Gasteiger charge is -2.29. The van der Waals surface area contributed by atoms with Crippen molar-refractivity contribution in [3.05, 3.63) is 0 Å². The molecule has 1 amide bonds. The van der Waals surface area contributed by atoms with Gasteiger partial charge in [0.25, 0.3) is 0 Å². The van der Waals surface area contributed by atoms with Gasteiger partial charge >= 0.3 is 0 Å². The number of hydrogen-bond donors (Lipinski definition) is 3. The fraction of sp³-hybridized carbons (Fsp3) is 0.846. The number of methoxy groups -OCH3 is 1. The summed E-state index contributed by atoms with van der Waals surface area (Å²) in [6.07, 6.45) is 1.31. The predicted molar refractivity (Wildman–Crippen MR) is 75.1 cm³/mol. The van der Waals surface area contributed by atoms with Gasteiger partial charge in [0.2, 0.25) is 5.91 Å². The van der Waals surface area contributed by atoms with Crippen molar-refractivity contribution in [2.24, 2.45) is 21.7 Å². The zero-order valence-corrected chi connectivity index (χ0v) is 12.6. The second kappa shape index (κ2) is 7.33. The third-order valence-corrected chi connectivity index (χ3v) is 3.59. The second-order valence-corrected chi connectivity index (χ2v) is 5.76. The monoisotopic (exact) mass is 273 g/mol. The van der Waals surface area contributed by atoms with Gasteiger partial charge in [-0.25, -0.2) is 0 Å². The van der Waals surface area contributed by atoms with Crippen LogP contribution >= 0.6 is 0 Å². The Bertz CT molecular complexity index is 329. The molecule has 19 heavy (non-hydrogen) atoms. The van der Waals surface area contributed by atoms with Gasteiger partial charge in [-0.1, -0.05) is 25.9 Å². The van der Waals surface area contributed by atoms with Gasteiger partial charge in [0.05, 0.1) is 0 Å². The first-order valence-corrected chi connectivity index (χ1v) is 6.48. The van der Waals surface area contributed by atoms with E-state index in [4.69, 9.17) is 15.7 Å². The lowest BCUT2D eigenvalue weighted by Crippen LogP contribution is -2.49. The number of ether oxygens (including phenoxy) is 1. The van der Waals surface area contributed by atoms with E-state index in [1.807, 2.05) is 6.92 Å². The highest BCUT2D eigenvalue weighted by Gasteiger charge is 2.36. The fourth-order valence-corrected chi connectivity index (χ4v) is 1.55. The van der Waals surface area contributed by atoms with Gasteiger partial charge in [0, 0.05) is 20.3 Å². The van der Waals surface area contributed by atoms with Gasteiger partial charge < -0.3 is 21.0 Å². The molecule has 0 aliphatic heterocycles. The predicted octanol–water partition coefficient (Wildman–Crippen LogP) is 1.33. The molecule has 0 fully saturated rings. The van der Waals surface area contributed by atoms with Gasteiger partial charge in [0.15, 0.2) is 5.84 Å². The summed E-state index contributed by atoms with van der Waals surface area (Å²) < 4.78 is 5.04. The summed E-state index contributed by atoms with van der Waals surface area (Å²) in [6.45, 7) is 8.77. The number of amidine groups is 1. The van der Waals surface area contributed by atoms with E-state index in [0.29, 0.717) is 19.6 Å². The summed E-state index contributed by atoms with van der Waals surface area (Å²) in [5.74, 6) is -0.294. The van der Waals surface area contributed by atoms with Gasteiger partial charge in [-0.2, -0.15) is 0 Å². The Morgan fingerprint density at radius 3 is 2.42 bits per heavy atom. The second-order valence-electron chi connectivity index (χ2n) is 5.76. The molecule has 0 rings (SSSR count). The van der Waals surface area contributed by atoms with E-state index in [9.17, 15) is 4.79 Å². The van der Waals surface area contributed by atoms with E-state index in [0.717, 1.165) is 6.42 Å². The summed E-state index contributed by atoms with van der Waals surface area (Å²) in [5, 5.41) is 14.6. The van der Waals surface area contributed by atoms with E-state index < -0.39 is 5.41 Å². The quantitative estimate of drug-likeness (QED) is 0.269. The molecule has 0 saturated heterocycles. The molecule has 0 aliphatic rings. The third-order valence-electron chi connectivity index (χ3n) is 3.59. The summed E-state index contributed by atoms with van der Waals surface area (Å²) in [5.41, 5.74) is 4.56. The first-order chi connectivity index (χ1) is 8.73. The molecule has 6 nitrogen and oxygen atoms in total. The molecule has 6 heteroatoms. The molecule has 0 aromatic rings. The zero-order valence-electron chi connectivity index (χ0n) is 12.6. The number of nitrogens with zero attached hydrogens (tertiary/aromatic N) is 1. The standard InChI is InChI=1S/C13H27N3O3/c1-6-13(4,10(14)16-18)11(17)15-9-12(2,3)7-8-19-5/h18H,6-9H2,1-5H3,(H2,14,16)(H,15,17). The number of hydrogen-bond acceptors (Lipinski definition) is 4. The Kier molecular flexibility index (Phi) is 6.83. The SMILES string of the molecule is CCC(C)(C(=O)NCC(C)(C)CCOC)C(N)=NO. The Hall–Kier alpha value is -1.30. The van der Waals surface area contributed by atoms with Crippen LogP contribution in [0.25, 0.3) is 0 Å². The maximum absolute atomic E-state index is 12.2. The minimum Gasteiger partial charge on any atom is -0.409 e. The maximum Gasteiger partial charge on any atom is 0.233 e. The van der Waals surface area contributed by atoms with Crippen LogP contribution in [0.15, 0.2) is 5.16 Å². The van der Waals surface area contributed by atoms with Crippen LogP contribution in [0.3, 0.4) is 0 Å². The van der Waals surface area contributed by atoms with Crippen molar-refractivity contribution < 1.29 is 14.7 Å². The summed E-state index contributed by atoms with van der Waals surface area (Å²) in [7, 11) is 1.65. The number of oxime groups is 1. The van der Waals surface area contributed by atoms with E-state index in [2.05, 4.69) is 24.3 Å². The number of amides is 1. The lowest BCUT2D eigenvalue weighted by molar-refractivity contribution is -0.127. The van der Waals surface area contributed by atoms with Gasteiger partial charge in [-0.05, 0) is 25.2 Å². The number of nitrogens with two attached hydrogens (primary N) is 1. The average molecular weight is 273 g/mol. The van der Waals surface area contributed by atoms with Crippen molar-refractivity contribution in [2.45, 2.75) is 40.5 Å². The minimum absolute atomic E-state index is 0.0640. The summed E-state index contributed by atoms with van der Waals surface area (Å²) in [4.78, 5) is 12.2. The molecule has 4 N–H and O–H groups in total. The normalized spacial score (nSPS) is 15.9. The maximum atomic E-state index is 12.2. The molecule has 0 saturated carbocycles. The lowest BCUT2D eigenvalue weighted by atomic mass is 9.84. The highest BCUT2D eigenvalue weighted by molar-refractivity contribution is 6.06. The molecule has 0 spiro atoms. The van der Waals surface area contributed by atoms with Crippen LogP contribution in [-0.2, 0) is 9.53 Å². The molecular formula is C13H27N3O3.